The number of furan rings is 1. The maximum Gasteiger partial charge on any atom is 0.235 e. The number of Topliss-reactive ketones (excluding diaryl/α,β-unsaturated/α-hetero) is 4. The second kappa shape index (κ2) is 8.81. The van der Waals surface area contributed by atoms with E-state index in [-0.39, 0.29) is 17.5 Å². The Morgan fingerprint density at radius 3 is 2.32 bits per heavy atom. The highest BCUT2D eigenvalue weighted by Crippen LogP contribution is 2.57. The van der Waals surface area contributed by atoms with E-state index in [0.29, 0.717) is 16.8 Å². The van der Waals surface area contributed by atoms with Crippen LogP contribution in [0.1, 0.15) is 22.3 Å². The lowest BCUT2D eigenvalue weighted by Gasteiger charge is -2.60. The van der Waals surface area contributed by atoms with Crippen LogP contribution in [0.4, 0.5) is 5.69 Å². The highest BCUT2D eigenvalue weighted by atomic mass is 16.3. The zero-order valence-electron chi connectivity index (χ0n) is 22.9. The van der Waals surface area contributed by atoms with Crippen LogP contribution in [0.3, 0.4) is 0 Å². The first kappa shape index (κ1) is 28.2. The number of anilines is 1. The molecule has 6 atom stereocenters. The molecule has 1 aromatic heterocycles. The number of carbonyl (C=O) groups is 5. The summed E-state index contributed by atoms with van der Waals surface area (Å²) in [6, 6.07) is 3.48. The van der Waals surface area contributed by atoms with Crippen molar-refractivity contribution < 1.29 is 33.5 Å². The third-order valence-corrected chi connectivity index (χ3v) is 8.88. The van der Waals surface area contributed by atoms with Crippen LogP contribution < -0.4 is 22.1 Å². The predicted octanol–water partition coefficient (Wildman–Crippen LogP) is -0.866. The molecule has 0 radical (unpaired) electrons. The van der Waals surface area contributed by atoms with Crippen molar-refractivity contribution in [3.63, 3.8) is 0 Å². The van der Waals surface area contributed by atoms with Gasteiger partial charge in [-0.25, -0.2) is 0 Å². The van der Waals surface area contributed by atoms with E-state index >= 15 is 0 Å². The van der Waals surface area contributed by atoms with E-state index in [2.05, 4.69) is 0 Å². The molecule has 2 unspecified atom stereocenters. The van der Waals surface area contributed by atoms with Crippen molar-refractivity contribution in [3.05, 3.63) is 35.8 Å². The summed E-state index contributed by atoms with van der Waals surface area (Å²) in [6.07, 6.45) is 2.14. The van der Waals surface area contributed by atoms with Gasteiger partial charge in [0.05, 0.1) is 35.7 Å². The number of hydrogen-bond acceptors (Lipinski definition) is 12. The molecule has 41 heavy (non-hydrogen) atoms. The van der Waals surface area contributed by atoms with Gasteiger partial charge in [0, 0.05) is 36.4 Å². The highest BCUT2D eigenvalue weighted by molar-refractivity contribution is 6.33. The van der Waals surface area contributed by atoms with Gasteiger partial charge in [-0.2, -0.15) is 5.26 Å². The molecule has 13 heteroatoms. The van der Waals surface area contributed by atoms with Gasteiger partial charge in [-0.15, -0.1) is 0 Å². The van der Waals surface area contributed by atoms with Crippen LogP contribution in [0.5, 0.6) is 5.75 Å². The summed E-state index contributed by atoms with van der Waals surface area (Å²) < 4.78 is 5.15. The second-order valence-electron chi connectivity index (χ2n) is 11.7. The van der Waals surface area contributed by atoms with Crippen molar-refractivity contribution in [1.82, 2.24) is 4.90 Å². The van der Waals surface area contributed by atoms with E-state index in [1.54, 1.807) is 37.2 Å². The van der Waals surface area contributed by atoms with E-state index in [1.165, 1.54) is 31.5 Å². The summed E-state index contributed by atoms with van der Waals surface area (Å²) >= 11 is 0. The SMILES string of the molecule is CN(C)c1cc(-c2ccoc2)c(O)c2c1C[C@@]1(N)C[C@@]3(N)[C@H](N(C)C)C(=O)C(C(N)=O)C(=O)[C@@]3(C#N)C(=O)C1C2=O. The van der Waals surface area contributed by atoms with E-state index in [9.17, 15) is 34.3 Å². The molecule has 3 aliphatic carbocycles. The number of phenolic OH excluding ortho intramolecular Hbond substituents is 1. The Balaban J connectivity index is 1.80. The molecule has 0 aliphatic heterocycles. The van der Waals surface area contributed by atoms with E-state index < -0.39 is 75.6 Å². The fraction of sp³-hybridized carbons (Fsp3) is 0.429. The third kappa shape index (κ3) is 3.35. The Morgan fingerprint density at radius 2 is 1.80 bits per heavy atom. The molecule has 13 nitrogen and oxygen atoms in total. The summed E-state index contributed by atoms with van der Waals surface area (Å²) in [7, 11) is 6.36. The second-order valence-corrected chi connectivity index (χ2v) is 11.7. The van der Waals surface area contributed by atoms with Crippen LogP contribution in [0.2, 0.25) is 0 Å². The van der Waals surface area contributed by atoms with E-state index in [1.807, 2.05) is 0 Å². The number of fused-ring (bicyclic) bond motifs is 3. The molecule has 2 saturated carbocycles. The fourth-order valence-corrected chi connectivity index (χ4v) is 7.29. The number of aromatic hydroxyl groups is 1. The first-order chi connectivity index (χ1) is 19.1. The minimum Gasteiger partial charge on any atom is -0.507 e. The lowest BCUT2D eigenvalue weighted by Crippen LogP contribution is -2.85. The number of benzene rings is 1. The number of nitriles is 1. The molecule has 0 bridgehead atoms. The van der Waals surface area contributed by atoms with Crippen LogP contribution in [0, 0.1) is 28.6 Å². The van der Waals surface area contributed by atoms with Gasteiger partial charge in [0.25, 0.3) is 0 Å². The van der Waals surface area contributed by atoms with Crippen molar-refractivity contribution >= 4 is 34.7 Å². The Hall–Kier alpha value is -4.38. The molecular weight excluding hydrogens is 532 g/mol. The number of likely N-dealkylation sites (N-methyl/N-ethyl adjacent to an activating group) is 1. The molecule has 2 fully saturated rings. The van der Waals surface area contributed by atoms with Crippen molar-refractivity contribution in [1.29, 1.82) is 5.26 Å². The molecule has 5 rings (SSSR count). The number of rotatable bonds is 4. The molecule has 1 amide bonds. The smallest absolute Gasteiger partial charge is 0.235 e. The van der Waals surface area contributed by atoms with Crippen LogP contribution in [-0.4, -0.2) is 84.4 Å². The van der Waals surface area contributed by atoms with E-state index in [0.717, 1.165) is 0 Å². The largest absolute Gasteiger partial charge is 0.507 e. The van der Waals surface area contributed by atoms with Crippen LogP contribution in [0.15, 0.2) is 29.1 Å². The Bertz CT molecular complexity index is 1590. The Labute approximate surface area is 234 Å². The molecule has 1 heterocycles. The number of nitrogens with zero attached hydrogens (tertiary/aromatic N) is 3. The number of hydrogen-bond donors (Lipinski definition) is 4. The summed E-state index contributed by atoms with van der Waals surface area (Å²) in [4.78, 5) is 71.4. The van der Waals surface area contributed by atoms with Gasteiger partial charge in [-0.3, -0.25) is 28.9 Å². The van der Waals surface area contributed by atoms with Gasteiger partial charge in [-0.1, -0.05) is 0 Å². The average Bonchev–Trinajstić information content (AvgIpc) is 3.37. The lowest BCUT2D eigenvalue weighted by molar-refractivity contribution is -0.166. The zero-order chi connectivity index (χ0) is 30.4. The monoisotopic (exact) mass is 562 g/mol. The molecule has 3 aliphatic rings. The Morgan fingerprint density at radius 1 is 1.15 bits per heavy atom. The first-order valence-electron chi connectivity index (χ1n) is 12.8. The number of carbonyl (C=O) groups excluding carboxylic acids is 5. The molecule has 1 aromatic carbocycles. The van der Waals surface area contributed by atoms with Gasteiger partial charge in [0.15, 0.2) is 34.5 Å². The van der Waals surface area contributed by atoms with Gasteiger partial charge in [-0.05, 0) is 44.6 Å². The number of nitrogens with two attached hydrogens (primary N) is 3. The maximum atomic E-state index is 14.5. The molecular formula is C28H30N6O7. The molecule has 7 N–H and O–H groups in total. The highest BCUT2D eigenvalue weighted by Gasteiger charge is 2.78. The van der Waals surface area contributed by atoms with Gasteiger partial charge < -0.3 is 31.6 Å². The number of ketones is 4. The summed E-state index contributed by atoms with van der Waals surface area (Å²) in [6.45, 7) is 0. The normalized spacial score (nSPS) is 32.7. The maximum absolute atomic E-state index is 14.5. The first-order valence-corrected chi connectivity index (χ1v) is 12.8. The lowest BCUT2D eigenvalue weighted by atomic mass is 9.42. The molecule has 2 aromatic rings. The minimum atomic E-state index is -2.79. The standard InChI is InChI=1S/C28H30N6O7/c1-33(2)15-7-13(12-5-6-41-9-12)19(35)16-14(15)8-26(31)10-28(32)22(34(3)4)21(37)17(25(30)40)23(38)27(28,11-29)24(39)18(26)20(16)36/h5-7,9,17-18,22,35H,8,10,31-32H2,1-4H3,(H2,30,40)/t17?,18?,22-,26-,27+,28-/m1/s1. The Kier molecular flexibility index (Phi) is 6.05. The van der Waals surface area contributed by atoms with Crippen molar-refractivity contribution in [2.24, 2.45) is 34.5 Å². The predicted molar refractivity (Wildman–Crippen MR) is 143 cm³/mol. The van der Waals surface area contributed by atoms with Crippen LogP contribution in [0.25, 0.3) is 11.1 Å². The van der Waals surface area contributed by atoms with Crippen LogP contribution in [-0.2, 0) is 25.6 Å². The van der Waals surface area contributed by atoms with Gasteiger partial charge >= 0.3 is 0 Å². The molecule has 214 valence electrons. The summed E-state index contributed by atoms with van der Waals surface area (Å²) in [5, 5.41) is 21.9. The van der Waals surface area contributed by atoms with Crippen molar-refractivity contribution in [2.75, 3.05) is 33.1 Å². The zero-order valence-corrected chi connectivity index (χ0v) is 22.9. The molecule has 0 saturated heterocycles. The topological polar surface area (TPSA) is 227 Å². The number of phenols is 1. The number of amides is 1. The van der Waals surface area contributed by atoms with Gasteiger partial charge in [0.2, 0.25) is 5.91 Å². The summed E-state index contributed by atoms with van der Waals surface area (Å²) in [5.74, 6) is -10.1. The van der Waals surface area contributed by atoms with Gasteiger partial charge in [0.1, 0.15) is 11.7 Å². The molecule has 0 spiro atoms. The minimum absolute atomic E-state index is 0.153. The summed E-state index contributed by atoms with van der Waals surface area (Å²) in [5.41, 5.74) is 13.8. The number of primary amides is 1. The fourth-order valence-electron chi connectivity index (χ4n) is 7.29. The van der Waals surface area contributed by atoms with Crippen molar-refractivity contribution in [2.45, 2.75) is 30.0 Å². The van der Waals surface area contributed by atoms with Crippen molar-refractivity contribution in [3.8, 4) is 22.9 Å². The average molecular weight is 563 g/mol. The third-order valence-electron chi connectivity index (χ3n) is 8.88. The quantitative estimate of drug-likeness (QED) is 0.334. The van der Waals surface area contributed by atoms with E-state index in [4.69, 9.17) is 21.6 Å². The van der Waals surface area contributed by atoms with Crippen LogP contribution >= 0.6 is 0 Å².